The van der Waals surface area contributed by atoms with Crippen molar-refractivity contribution in [1.29, 1.82) is 0 Å². The molecule has 0 spiro atoms. The van der Waals surface area contributed by atoms with Crippen molar-refractivity contribution in [3.05, 3.63) is 112 Å². The molecule has 0 unspecified atom stereocenters. The van der Waals surface area contributed by atoms with Gasteiger partial charge < -0.3 is 10.1 Å². The number of nitrogens with one attached hydrogen (secondary N) is 1. The molecular formula is C28H26FNO2. The van der Waals surface area contributed by atoms with Gasteiger partial charge in [-0.3, -0.25) is 4.79 Å². The fourth-order valence-corrected chi connectivity index (χ4v) is 4.06. The van der Waals surface area contributed by atoms with Crippen molar-refractivity contribution in [1.82, 2.24) is 5.32 Å². The second-order valence-electron chi connectivity index (χ2n) is 8.00. The molecule has 0 aliphatic carbocycles. The number of aryl methyl sites for hydroxylation is 2. The number of para-hydroxylation sites is 1. The lowest BCUT2D eigenvalue weighted by Crippen LogP contribution is -2.23. The molecule has 162 valence electrons. The van der Waals surface area contributed by atoms with Crippen molar-refractivity contribution in [3.8, 4) is 5.75 Å². The van der Waals surface area contributed by atoms with Crippen LogP contribution >= 0.6 is 0 Å². The summed E-state index contributed by atoms with van der Waals surface area (Å²) in [4.78, 5) is 12.9. The summed E-state index contributed by atoms with van der Waals surface area (Å²) >= 11 is 0. The Morgan fingerprint density at radius 3 is 2.34 bits per heavy atom. The molecule has 0 aliphatic rings. The molecule has 0 fully saturated rings. The van der Waals surface area contributed by atoms with Crippen LogP contribution in [0, 0.1) is 19.7 Å². The van der Waals surface area contributed by atoms with Crippen LogP contribution in [-0.4, -0.2) is 13.0 Å². The number of ether oxygens (including phenoxy) is 1. The van der Waals surface area contributed by atoms with Crippen LogP contribution in [0.4, 0.5) is 4.39 Å². The van der Waals surface area contributed by atoms with Gasteiger partial charge in [0.05, 0.1) is 7.11 Å². The molecule has 0 saturated heterocycles. The van der Waals surface area contributed by atoms with E-state index in [1.807, 2.05) is 61.5 Å². The maximum absolute atomic E-state index is 14.2. The highest BCUT2D eigenvalue weighted by molar-refractivity contribution is 6.00. The van der Waals surface area contributed by atoms with E-state index in [1.54, 1.807) is 13.2 Å². The highest BCUT2D eigenvalue weighted by Crippen LogP contribution is 2.29. The van der Waals surface area contributed by atoms with E-state index in [0.717, 1.165) is 38.8 Å². The molecule has 0 atom stereocenters. The first-order valence-electron chi connectivity index (χ1n) is 10.6. The summed E-state index contributed by atoms with van der Waals surface area (Å²) in [5.41, 5.74) is 5.47. The molecular weight excluding hydrogens is 401 g/mol. The van der Waals surface area contributed by atoms with Crippen LogP contribution in [0.3, 0.4) is 0 Å². The van der Waals surface area contributed by atoms with E-state index in [9.17, 15) is 9.18 Å². The Labute approximate surface area is 187 Å². The summed E-state index contributed by atoms with van der Waals surface area (Å²) in [5, 5.41) is 5.04. The molecule has 4 aromatic carbocycles. The van der Waals surface area contributed by atoms with Gasteiger partial charge in [-0.2, -0.15) is 0 Å². The van der Waals surface area contributed by atoms with Crippen LogP contribution < -0.4 is 10.1 Å². The fraction of sp³-hybridized carbons (Fsp3) is 0.179. The van der Waals surface area contributed by atoms with E-state index in [2.05, 4.69) is 18.3 Å². The number of hydrogen-bond acceptors (Lipinski definition) is 2. The lowest BCUT2D eigenvalue weighted by molar-refractivity contribution is 0.0951. The van der Waals surface area contributed by atoms with Crippen LogP contribution in [0.25, 0.3) is 10.8 Å². The fourth-order valence-electron chi connectivity index (χ4n) is 4.06. The summed E-state index contributed by atoms with van der Waals surface area (Å²) in [6, 6.07) is 22.3. The molecule has 3 nitrogen and oxygen atoms in total. The van der Waals surface area contributed by atoms with Crippen molar-refractivity contribution in [2.45, 2.75) is 26.8 Å². The van der Waals surface area contributed by atoms with Gasteiger partial charge in [-0.1, -0.05) is 48.5 Å². The zero-order valence-electron chi connectivity index (χ0n) is 18.5. The lowest BCUT2D eigenvalue weighted by atomic mass is 9.91. The molecule has 4 rings (SSSR count). The average molecular weight is 428 g/mol. The second-order valence-corrected chi connectivity index (χ2v) is 8.00. The largest absolute Gasteiger partial charge is 0.496 e. The molecule has 0 radical (unpaired) electrons. The van der Waals surface area contributed by atoms with Gasteiger partial charge in [0.1, 0.15) is 11.6 Å². The molecule has 1 amide bonds. The van der Waals surface area contributed by atoms with Crippen molar-refractivity contribution >= 4 is 16.7 Å². The molecule has 32 heavy (non-hydrogen) atoms. The molecule has 4 aromatic rings. The minimum Gasteiger partial charge on any atom is -0.496 e. The standard InChI is InChI=1S/C28H26FNO2/c1-18-14-23(15-20-8-4-6-10-26(20)29)24-13-12-21(16-25(24)19(18)2)28(31)30-17-22-9-5-7-11-27(22)32-3/h4-14,16H,15,17H2,1-3H3,(H,30,31). The Morgan fingerprint density at radius 1 is 0.875 bits per heavy atom. The highest BCUT2D eigenvalue weighted by Gasteiger charge is 2.13. The number of rotatable bonds is 6. The van der Waals surface area contributed by atoms with E-state index >= 15 is 0 Å². The van der Waals surface area contributed by atoms with Crippen LogP contribution in [0.2, 0.25) is 0 Å². The summed E-state index contributed by atoms with van der Waals surface area (Å²) in [6.07, 6.45) is 0.504. The third-order valence-corrected chi connectivity index (χ3v) is 5.98. The van der Waals surface area contributed by atoms with Gasteiger partial charge in [-0.25, -0.2) is 4.39 Å². The van der Waals surface area contributed by atoms with Crippen LogP contribution in [0.1, 0.15) is 38.2 Å². The van der Waals surface area contributed by atoms with Crippen LogP contribution in [0.15, 0.2) is 72.8 Å². The summed E-state index contributed by atoms with van der Waals surface area (Å²) < 4.78 is 19.6. The number of amides is 1. The van der Waals surface area contributed by atoms with Crippen LogP contribution in [0.5, 0.6) is 5.75 Å². The number of carbonyl (C=O) groups excluding carboxylic acids is 1. The molecule has 0 aromatic heterocycles. The molecule has 4 heteroatoms. The Hall–Kier alpha value is -3.66. The normalized spacial score (nSPS) is 10.9. The Kier molecular flexibility index (Phi) is 6.22. The van der Waals surface area contributed by atoms with Gasteiger partial charge in [-0.05, 0) is 71.1 Å². The Bertz CT molecular complexity index is 1300. The van der Waals surface area contributed by atoms with Crippen LogP contribution in [-0.2, 0) is 13.0 Å². The SMILES string of the molecule is COc1ccccc1CNC(=O)c1ccc2c(Cc3ccccc3F)cc(C)c(C)c2c1. The van der Waals surface area contributed by atoms with E-state index in [-0.39, 0.29) is 11.7 Å². The zero-order chi connectivity index (χ0) is 22.7. The lowest BCUT2D eigenvalue weighted by Gasteiger charge is -2.15. The monoisotopic (exact) mass is 427 g/mol. The number of methoxy groups -OCH3 is 1. The zero-order valence-corrected chi connectivity index (χ0v) is 18.5. The number of halogens is 1. The third kappa shape index (κ3) is 4.35. The molecule has 0 saturated carbocycles. The van der Waals surface area contributed by atoms with E-state index in [1.165, 1.54) is 6.07 Å². The Morgan fingerprint density at radius 2 is 1.59 bits per heavy atom. The van der Waals surface area contributed by atoms with E-state index < -0.39 is 0 Å². The van der Waals surface area contributed by atoms with Gasteiger partial charge in [0.2, 0.25) is 0 Å². The van der Waals surface area contributed by atoms with Crippen molar-refractivity contribution in [3.63, 3.8) is 0 Å². The molecule has 0 aliphatic heterocycles. The maximum atomic E-state index is 14.2. The molecule has 0 bridgehead atoms. The highest BCUT2D eigenvalue weighted by atomic mass is 19.1. The van der Waals surface area contributed by atoms with Gasteiger partial charge in [0.25, 0.3) is 5.91 Å². The number of fused-ring (bicyclic) bond motifs is 1. The average Bonchev–Trinajstić information content (AvgIpc) is 2.82. The van der Waals surface area contributed by atoms with Crippen molar-refractivity contribution in [2.24, 2.45) is 0 Å². The quantitative estimate of drug-likeness (QED) is 0.402. The second kappa shape index (κ2) is 9.23. The first-order valence-corrected chi connectivity index (χ1v) is 10.6. The van der Waals surface area contributed by atoms with Crippen molar-refractivity contribution < 1.29 is 13.9 Å². The van der Waals surface area contributed by atoms with Crippen molar-refractivity contribution in [2.75, 3.05) is 7.11 Å². The number of carbonyl (C=O) groups is 1. The third-order valence-electron chi connectivity index (χ3n) is 5.98. The van der Waals surface area contributed by atoms with Gasteiger partial charge >= 0.3 is 0 Å². The molecule has 1 N–H and O–H groups in total. The first kappa shape index (κ1) is 21.6. The minimum atomic E-state index is -0.203. The predicted molar refractivity (Wildman–Crippen MR) is 127 cm³/mol. The van der Waals surface area contributed by atoms with E-state index in [4.69, 9.17) is 4.74 Å². The minimum absolute atomic E-state index is 0.144. The molecule has 0 heterocycles. The summed E-state index contributed by atoms with van der Waals surface area (Å²) in [5.74, 6) is 0.399. The number of benzene rings is 4. The first-order chi connectivity index (χ1) is 15.5. The summed E-state index contributed by atoms with van der Waals surface area (Å²) in [7, 11) is 1.62. The van der Waals surface area contributed by atoms with E-state index in [0.29, 0.717) is 24.1 Å². The smallest absolute Gasteiger partial charge is 0.251 e. The number of hydrogen-bond donors (Lipinski definition) is 1. The van der Waals surface area contributed by atoms with Gasteiger partial charge in [0.15, 0.2) is 0 Å². The topological polar surface area (TPSA) is 38.3 Å². The predicted octanol–water partition coefficient (Wildman–Crippen LogP) is 6.13. The maximum Gasteiger partial charge on any atom is 0.251 e. The Balaban J connectivity index is 1.64. The van der Waals surface area contributed by atoms with Gasteiger partial charge in [-0.15, -0.1) is 0 Å². The summed E-state index contributed by atoms with van der Waals surface area (Å²) in [6.45, 7) is 4.49. The van der Waals surface area contributed by atoms with Gasteiger partial charge in [0, 0.05) is 24.1 Å².